The first kappa shape index (κ1) is 17.1. The quantitative estimate of drug-likeness (QED) is 0.749. The highest BCUT2D eigenvalue weighted by Gasteiger charge is 2.02. The molecule has 2 aromatic rings. The lowest BCUT2D eigenvalue weighted by Crippen LogP contribution is -2.14. The summed E-state index contributed by atoms with van der Waals surface area (Å²) < 4.78 is 5.76. The van der Waals surface area contributed by atoms with Crippen molar-refractivity contribution in [3.63, 3.8) is 0 Å². The van der Waals surface area contributed by atoms with Gasteiger partial charge in [-0.15, -0.1) is 0 Å². The molecule has 0 aliphatic carbocycles. The summed E-state index contributed by atoms with van der Waals surface area (Å²) in [5.41, 5.74) is 8.06. The lowest BCUT2D eigenvalue weighted by Gasteiger charge is -2.09. The van der Waals surface area contributed by atoms with Gasteiger partial charge in [-0.25, -0.2) is 0 Å². The van der Waals surface area contributed by atoms with Crippen LogP contribution >= 0.6 is 23.2 Å². The zero-order chi connectivity index (χ0) is 15.9. The van der Waals surface area contributed by atoms with E-state index in [1.165, 1.54) is 5.56 Å². The Morgan fingerprint density at radius 2 is 1.68 bits per heavy atom. The lowest BCUT2D eigenvalue weighted by atomic mass is 10.1. The van der Waals surface area contributed by atoms with Crippen LogP contribution in [-0.4, -0.2) is 6.04 Å². The predicted molar refractivity (Wildman–Crippen MR) is 93.8 cm³/mol. The second kappa shape index (κ2) is 8.42. The zero-order valence-corrected chi connectivity index (χ0v) is 14.2. The molecule has 0 bridgehead atoms. The minimum Gasteiger partial charge on any atom is -0.489 e. The van der Waals surface area contributed by atoms with Gasteiger partial charge < -0.3 is 10.5 Å². The summed E-state index contributed by atoms with van der Waals surface area (Å²) in [6.07, 6.45) is 3.21. The maximum atomic E-state index is 5.99. The molecule has 0 fully saturated rings. The topological polar surface area (TPSA) is 35.2 Å². The van der Waals surface area contributed by atoms with Crippen molar-refractivity contribution in [2.75, 3.05) is 0 Å². The van der Waals surface area contributed by atoms with E-state index in [0.29, 0.717) is 16.7 Å². The average Bonchev–Trinajstić information content (AvgIpc) is 2.49. The Morgan fingerprint density at radius 3 is 2.32 bits per heavy atom. The van der Waals surface area contributed by atoms with E-state index < -0.39 is 0 Å². The molecular weight excluding hydrogens is 317 g/mol. The third-order valence-electron chi connectivity index (χ3n) is 3.44. The Hall–Kier alpha value is -1.22. The van der Waals surface area contributed by atoms with Crippen molar-refractivity contribution in [2.24, 2.45) is 5.73 Å². The molecule has 0 saturated carbocycles. The third-order valence-corrected chi connectivity index (χ3v) is 4.18. The number of hydrogen-bond donors (Lipinski definition) is 1. The van der Waals surface area contributed by atoms with Gasteiger partial charge in [0.15, 0.2) is 0 Å². The lowest BCUT2D eigenvalue weighted by molar-refractivity contribution is 0.306. The van der Waals surface area contributed by atoms with Crippen LogP contribution in [0.5, 0.6) is 5.75 Å². The molecule has 0 aromatic heterocycles. The first-order valence-corrected chi connectivity index (χ1v) is 8.21. The number of nitrogens with two attached hydrogens (primary N) is 1. The summed E-state index contributed by atoms with van der Waals surface area (Å²) >= 11 is 11.9. The highest BCUT2D eigenvalue weighted by molar-refractivity contribution is 6.42. The zero-order valence-electron chi connectivity index (χ0n) is 12.7. The van der Waals surface area contributed by atoms with E-state index in [9.17, 15) is 0 Å². The summed E-state index contributed by atoms with van der Waals surface area (Å²) in [6.45, 7) is 2.51. The molecular formula is C18H21Cl2NO. The van der Waals surface area contributed by atoms with E-state index in [-0.39, 0.29) is 6.04 Å². The van der Waals surface area contributed by atoms with Crippen LogP contribution in [0.2, 0.25) is 10.0 Å². The van der Waals surface area contributed by atoms with Crippen LogP contribution in [0.4, 0.5) is 0 Å². The largest absolute Gasteiger partial charge is 0.489 e. The van der Waals surface area contributed by atoms with Gasteiger partial charge in [-0.2, -0.15) is 0 Å². The molecule has 2 N–H and O–H groups in total. The first-order chi connectivity index (χ1) is 10.5. The molecule has 4 heteroatoms. The smallest absolute Gasteiger partial charge is 0.119 e. The molecule has 0 aliphatic heterocycles. The van der Waals surface area contributed by atoms with Crippen LogP contribution in [-0.2, 0) is 13.0 Å². The Kier molecular flexibility index (Phi) is 6.56. The predicted octanol–water partition coefficient (Wildman–Crippen LogP) is 5.24. The van der Waals surface area contributed by atoms with Gasteiger partial charge in [0.25, 0.3) is 0 Å². The molecule has 0 radical (unpaired) electrons. The van der Waals surface area contributed by atoms with Crippen LogP contribution in [0.1, 0.15) is 30.9 Å². The molecule has 0 spiro atoms. The van der Waals surface area contributed by atoms with Gasteiger partial charge in [-0.05, 0) is 61.6 Å². The van der Waals surface area contributed by atoms with Crippen molar-refractivity contribution in [3.05, 3.63) is 63.6 Å². The standard InChI is InChI=1S/C18H21Cl2NO/c1-13(21)3-2-4-14-5-8-16(9-6-14)22-12-15-7-10-17(19)18(20)11-15/h5-11,13H,2-4,12,21H2,1H3. The Balaban J connectivity index is 1.84. The SMILES string of the molecule is CC(N)CCCc1ccc(OCc2ccc(Cl)c(Cl)c2)cc1. The van der Waals surface area contributed by atoms with E-state index in [4.69, 9.17) is 33.7 Å². The fourth-order valence-electron chi connectivity index (χ4n) is 2.18. The second-order valence-electron chi connectivity index (χ2n) is 5.55. The summed E-state index contributed by atoms with van der Waals surface area (Å²) in [7, 11) is 0. The summed E-state index contributed by atoms with van der Waals surface area (Å²) in [5, 5.41) is 1.11. The Labute approximate surface area is 142 Å². The van der Waals surface area contributed by atoms with Crippen LogP contribution in [0.25, 0.3) is 0 Å². The maximum Gasteiger partial charge on any atom is 0.119 e. The molecule has 0 saturated heterocycles. The van der Waals surface area contributed by atoms with Gasteiger partial charge >= 0.3 is 0 Å². The van der Waals surface area contributed by atoms with Crippen molar-refractivity contribution in [3.8, 4) is 5.75 Å². The molecule has 1 atom stereocenters. The number of benzene rings is 2. The van der Waals surface area contributed by atoms with E-state index in [2.05, 4.69) is 12.1 Å². The Bertz CT molecular complexity index is 597. The van der Waals surface area contributed by atoms with Gasteiger partial charge in [0.05, 0.1) is 10.0 Å². The van der Waals surface area contributed by atoms with Gasteiger partial charge in [0.1, 0.15) is 12.4 Å². The number of hydrogen-bond acceptors (Lipinski definition) is 2. The molecule has 1 unspecified atom stereocenters. The third kappa shape index (κ3) is 5.53. The van der Waals surface area contributed by atoms with Gasteiger partial charge in [0.2, 0.25) is 0 Å². The van der Waals surface area contributed by atoms with Crippen molar-refractivity contribution in [1.29, 1.82) is 0 Å². The first-order valence-electron chi connectivity index (χ1n) is 7.46. The molecule has 118 valence electrons. The van der Waals surface area contributed by atoms with E-state index in [1.807, 2.05) is 31.2 Å². The second-order valence-corrected chi connectivity index (χ2v) is 6.36. The van der Waals surface area contributed by atoms with Gasteiger partial charge in [-0.1, -0.05) is 41.4 Å². The minimum atomic E-state index is 0.272. The molecule has 22 heavy (non-hydrogen) atoms. The number of halogens is 2. The van der Waals surface area contributed by atoms with Crippen molar-refractivity contribution < 1.29 is 4.74 Å². The van der Waals surface area contributed by atoms with Crippen molar-refractivity contribution in [1.82, 2.24) is 0 Å². The summed E-state index contributed by atoms with van der Waals surface area (Å²) in [6, 6.07) is 14.0. The molecule has 0 aliphatic rings. The Morgan fingerprint density at radius 1 is 1.00 bits per heavy atom. The van der Waals surface area contributed by atoms with Crippen molar-refractivity contribution >= 4 is 23.2 Å². The molecule has 2 aromatic carbocycles. The number of ether oxygens (including phenoxy) is 1. The van der Waals surface area contributed by atoms with E-state index in [1.54, 1.807) is 6.07 Å². The van der Waals surface area contributed by atoms with Crippen LogP contribution < -0.4 is 10.5 Å². The van der Waals surface area contributed by atoms with Crippen LogP contribution in [0.3, 0.4) is 0 Å². The number of aryl methyl sites for hydroxylation is 1. The summed E-state index contributed by atoms with van der Waals surface area (Å²) in [4.78, 5) is 0. The average molecular weight is 338 g/mol. The van der Waals surface area contributed by atoms with Crippen LogP contribution in [0, 0.1) is 0 Å². The minimum absolute atomic E-state index is 0.272. The van der Waals surface area contributed by atoms with E-state index in [0.717, 1.165) is 30.6 Å². The van der Waals surface area contributed by atoms with Gasteiger partial charge in [0, 0.05) is 6.04 Å². The molecule has 2 nitrogen and oxygen atoms in total. The molecule has 0 heterocycles. The van der Waals surface area contributed by atoms with Crippen LogP contribution in [0.15, 0.2) is 42.5 Å². The highest BCUT2D eigenvalue weighted by Crippen LogP contribution is 2.23. The monoisotopic (exact) mass is 337 g/mol. The van der Waals surface area contributed by atoms with E-state index >= 15 is 0 Å². The van der Waals surface area contributed by atoms with Crippen molar-refractivity contribution in [2.45, 2.75) is 38.8 Å². The molecule has 0 amide bonds. The highest BCUT2D eigenvalue weighted by atomic mass is 35.5. The maximum absolute atomic E-state index is 5.99. The fraction of sp³-hybridized carbons (Fsp3) is 0.333. The fourth-order valence-corrected chi connectivity index (χ4v) is 2.50. The molecule has 2 rings (SSSR count). The van der Waals surface area contributed by atoms with Gasteiger partial charge in [-0.3, -0.25) is 0 Å². The summed E-state index contributed by atoms with van der Waals surface area (Å²) in [5.74, 6) is 0.849. The normalized spacial score (nSPS) is 12.2. The number of rotatable bonds is 7.